The van der Waals surface area contributed by atoms with Gasteiger partial charge in [0.05, 0.1) is 6.61 Å². The number of amides is 1. The third kappa shape index (κ3) is 4.46. The molecule has 3 N–H and O–H groups in total. The van der Waals surface area contributed by atoms with Gasteiger partial charge in [-0.1, -0.05) is 11.6 Å². The number of hydrogen-bond donors (Lipinski definition) is 2. The Morgan fingerprint density at radius 2 is 2.00 bits per heavy atom. The quantitative estimate of drug-likeness (QED) is 0.473. The average Bonchev–Trinajstić information content (AvgIpc) is 2.37. The van der Waals surface area contributed by atoms with Crippen LogP contribution in [-0.2, 0) is 14.3 Å². The first-order valence-corrected chi connectivity index (χ1v) is 7.11. The van der Waals surface area contributed by atoms with E-state index in [2.05, 4.69) is 5.32 Å². The molecule has 0 aliphatic rings. The number of carbonyl (C=O) groups is 3. The van der Waals surface area contributed by atoms with E-state index in [1.807, 2.05) is 0 Å². The predicted octanol–water partition coefficient (Wildman–Crippen LogP) is 1.95. The number of anilines is 1. The van der Waals surface area contributed by atoms with Crippen molar-refractivity contribution in [1.82, 2.24) is 5.32 Å². The Balaban J connectivity index is 3.05. The summed E-state index contributed by atoms with van der Waals surface area (Å²) in [7, 11) is 0. The fourth-order valence-corrected chi connectivity index (χ4v) is 2.23. The maximum Gasteiger partial charge on any atom is 0.332 e. The van der Waals surface area contributed by atoms with Gasteiger partial charge in [-0.05, 0) is 32.0 Å². The van der Waals surface area contributed by atoms with E-state index >= 15 is 0 Å². The van der Waals surface area contributed by atoms with Crippen LogP contribution in [0.15, 0.2) is 18.2 Å². The zero-order valence-electron chi connectivity index (χ0n) is 12.7. The van der Waals surface area contributed by atoms with E-state index in [0.29, 0.717) is 5.02 Å². The summed E-state index contributed by atoms with van der Waals surface area (Å²) in [6, 6.07) is 4.47. The minimum atomic E-state index is -1.45. The second kappa shape index (κ2) is 7.26. The molecule has 1 aromatic carbocycles. The number of hydrogen-bond acceptors (Lipinski definition) is 5. The highest BCUT2D eigenvalue weighted by Crippen LogP contribution is 2.23. The Morgan fingerprint density at radius 3 is 2.50 bits per heavy atom. The molecule has 120 valence electrons. The molecule has 0 heterocycles. The van der Waals surface area contributed by atoms with Gasteiger partial charge in [0.15, 0.2) is 5.78 Å². The van der Waals surface area contributed by atoms with Crippen molar-refractivity contribution < 1.29 is 19.1 Å². The van der Waals surface area contributed by atoms with Crippen molar-refractivity contribution in [2.45, 2.75) is 32.7 Å². The molecule has 1 unspecified atom stereocenters. The maximum atomic E-state index is 12.4. The van der Waals surface area contributed by atoms with Crippen LogP contribution in [0.2, 0.25) is 5.02 Å². The molecule has 22 heavy (non-hydrogen) atoms. The number of Topliss-reactive ketones (excluding diaryl/α,β-unsaturated/α-hetero) is 1. The van der Waals surface area contributed by atoms with Crippen LogP contribution in [0, 0.1) is 0 Å². The summed E-state index contributed by atoms with van der Waals surface area (Å²) in [4.78, 5) is 35.8. The first-order chi connectivity index (χ1) is 10.2. The lowest BCUT2D eigenvalue weighted by atomic mass is 9.91. The lowest BCUT2D eigenvalue weighted by molar-refractivity contribution is -0.152. The molecule has 7 heteroatoms. The van der Waals surface area contributed by atoms with Crippen molar-refractivity contribution in [2.75, 3.05) is 12.3 Å². The fraction of sp³-hybridized carbons (Fsp3) is 0.400. The highest BCUT2D eigenvalue weighted by atomic mass is 35.5. The molecule has 0 spiro atoms. The van der Waals surface area contributed by atoms with Gasteiger partial charge in [-0.25, -0.2) is 4.79 Å². The summed E-state index contributed by atoms with van der Waals surface area (Å²) in [6.45, 7) is 4.49. The number of halogens is 1. The fourth-order valence-electron chi connectivity index (χ4n) is 2.05. The molecule has 0 saturated carbocycles. The number of benzene rings is 1. The molecule has 0 aliphatic heterocycles. The highest BCUT2D eigenvalue weighted by molar-refractivity contribution is 6.31. The van der Waals surface area contributed by atoms with Crippen molar-refractivity contribution in [3.05, 3.63) is 28.8 Å². The average molecular weight is 327 g/mol. The van der Waals surface area contributed by atoms with Crippen LogP contribution < -0.4 is 11.1 Å². The molecule has 1 aromatic rings. The van der Waals surface area contributed by atoms with Gasteiger partial charge in [-0.3, -0.25) is 9.59 Å². The number of rotatable bonds is 6. The Morgan fingerprint density at radius 1 is 1.36 bits per heavy atom. The van der Waals surface area contributed by atoms with Gasteiger partial charge in [-0.2, -0.15) is 0 Å². The second-order valence-electron chi connectivity index (χ2n) is 5.07. The Bertz CT molecular complexity index is 603. The number of ketones is 1. The van der Waals surface area contributed by atoms with Crippen LogP contribution >= 0.6 is 11.6 Å². The lowest BCUT2D eigenvalue weighted by Gasteiger charge is -2.27. The number of nitrogen functional groups attached to an aromatic ring is 1. The molecule has 0 aromatic heterocycles. The van der Waals surface area contributed by atoms with Crippen LogP contribution in [0.3, 0.4) is 0 Å². The Hall–Kier alpha value is -2.08. The van der Waals surface area contributed by atoms with Gasteiger partial charge in [0.1, 0.15) is 5.54 Å². The van der Waals surface area contributed by atoms with Gasteiger partial charge in [-0.15, -0.1) is 0 Å². The summed E-state index contributed by atoms with van der Waals surface area (Å²) >= 11 is 5.79. The van der Waals surface area contributed by atoms with Crippen LogP contribution in [-0.4, -0.2) is 29.8 Å². The van der Waals surface area contributed by atoms with Gasteiger partial charge in [0.2, 0.25) is 5.91 Å². The van der Waals surface area contributed by atoms with E-state index < -0.39 is 23.2 Å². The standard InChI is InChI=1S/C15H19ClN2O4/c1-4-22-14(21)15(3,18-9(2)19)8-13(20)11-6-5-10(16)7-12(11)17/h5-7H,4,8,17H2,1-3H3,(H,18,19). The maximum absolute atomic E-state index is 12.4. The van der Waals surface area contributed by atoms with Crippen LogP contribution in [0.1, 0.15) is 37.6 Å². The number of ether oxygens (including phenoxy) is 1. The summed E-state index contributed by atoms with van der Waals surface area (Å²) in [5.41, 5.74) is 4.77. The SMILES string of the molecule is CCOC(=O)C(C)(CC(=O)c1ccc(Cl)cc1N)NC(C)=O. The topological polar surface area (TPSA) is 98.5 Å². The smallest absolute Gasteiger partial charge is 0.332 e. The Kier molecular flexibility index (Phi) is 5.93. The molecular weight excluding hydrogens is 308 g/mol. The van der Waals surface area contributed by atoms with E-state index in [0.717, 1.165) is 0 Å². The summed E-state index contributed by atoms with van der Waals surface area (Å²) in [6.07, 6.45) is -0.267. The van der Waals surface area contributed by atoms with Crippen molar-refractivity contribution in [3.63, 3.8) is 0 Å². The number of carbonyl (C=O) groups excluding carboxylic acids is 3. The minimum Gasteiger partial charge on any atom is -0.464 e. The third-order valence-electron chi connectivity index (χ3n) is 3.01. The van der Waals surface area contributed by atoms with Crippen molar-refractivity contribution in [1.29, 1.82) is 0 Å². The monoisotopic (exact) mass is 326 g/mol. The molecule has 0 bridgehead atoms. The van der Waals surface area contributed by atoms with E-state index in [-0.39, 0.29) is 24.3 Å². The van der Waals surface area contributed by atoms with Crippen molar-refractivity contribution >= 4 is 34.9 Å². The van der Waals surface area contributed by atoms with Gasteiger partial charge in [0.25, 0.3) is 0 Å². The zero-order chi connectivity index (χ0) is 16.9. The lowest BCUT2D eigenvalue weighted by Crippen LogP contribution is -2.53. The number of nitrogens with two attached hydrogens (primary N) is 1. The first kappa shape index (κ1) is 18.0. The number of esters is 1. The zero-order valence-corrected chi connectivity index (χ0v) is 13.5. The number of nitrogens with one attached hydrogen (secondary N) is 1. The molecule has 0 saturated heterocycles. The van der Waals surface area contributed by atoms with E-state index in [1.54, 1.807) is 6.92 Å². The molecule has 1 rings (SSSR count). The molecular formula is C15H19ClN2O4. The van der Waals surface area contributed by atoms with Gasteiger partial charge < -0.3 is 15.8 Å². The highest BCUT2D eigenvalue weighted by Gasteiger charge is 2.38. The third-order valence-corrected chi connectivity index (χ3v) is 3.24. The minimum absolute atomic E-state index is 0.144. The predicted molar refractivity (Wildman–Crippen MR) is 83.7 cm³/mol. The molecule has 0 radical (unpaired) electrons. The van der Waals surface area contributed by atoms with Crippen molar-refractivity contribution in [2.24, 2.45) is 0 Å². The van der Waals surface area contributed by atoms with Crippen LogP contribution in [0.4, 0.5) is 5.69 Å². The van der Waals surface area contributed by atoms with E-state index in [1.165, 1.54) is 32.0 Å². The summed E-state index contributed by atoms with van der Waals surface area (Å²) in [5, 5.41) is 2.88. The van der Waals surface area contributed by atoms with Crippen LogP contribution in [0.5, 0.6) is 0 Å². The molecule has 0 fully saturated rings. The molecule has 6 nitrogen and oxygen atoms in total. The van der Waals surface area contributed by atoms with E-state index in [4.69, 9.17) is 22.1 Å². The van der Waals surface area contributed by atoms with Crippen LogP contribution in [0.25, 0.3) is 0 Å². The molecule has 1 amide bonds. The normalized spacial score (nSPS) is 13.1. The summed E-state index contributed by atoms with van der Waals surface area (Å²) in [5.74, 6) is -1.50. The van der Waals surface area contributed by atoms with Gasteiger partial charge >= 0.3 is 5.97 Å². The first-order valence-electron chi connectivity index (χ1n) is 6.74. The molecule has 0 aliphatic carbocycles. The second-order valence-corrected chi connectivity index (χ2v) is 5.50. The van der Waals surface area contributed by atoms with Crippen molar-refractivity contribution in [3.8, 4) is 0 Å². The molecule has 1 atom stereocenters. The van der Waals surface area contributed by atoms with E-state index in [9.17, 15) is 14.4 Å². The van der Waals surface area contributed by atoms with Gasteiger partial charge in [0, 0.05) is 29.6 Å². The largest absolute Gasteiger partial charge is 0.464 e. The summed E-state index contributed by atoms with van der Waals surface area (Å²) < 4.78 is 4.94. The Labute approximate surface area is 134 Å².